The van der Waals surface area contributed by atoms with Gasteiger partial charge in [0, 0.05) is 19.2 Å². The summed E-state index contributed by atoms with van der Waals surface area (Å²) in [6.45, 7) is 1.30. The standard InChI is InChI=1S/C12H14ClFN4O/c1-19-5-4-18-11(7-15)16-17-12(18)8-2-3-9(13)10(14)6-8/h2-3,6H,4-5,7,15H2,1H3. The van der Waals surface area contributed by atoms with Crippen molar-refractivity contribution in [2.45, 2.75) is 13.1 Å². The van der Waals surface area contributed by atoms with E-state index in [0.29, 0.717) is 30.4 Å². The van der Waals surface area contributed by atoms with Gasteiger partial charge in [0.25, 0.3) is 0 Å². The summed E-state index contributed by atoms with van der Waals surface area (Å²) < 4.78 is 20.3. The van der Waals surface area contributed by atoms with Crippen molar-refractivity contribution in [3.05, 3.63) is 34.9 Å². The summed E-state index contributed by atoms with van der Waals surface area (Å²) in [7, 11) is 1.61. The Morgan fingerprint density at radius 2 is 2.21 bits per heavy atom. The van der Waals surface area contributed by atoms with Gasteiger partial charge in [-0.05, 0) is 18.2 Å². The van der Waals surface area contributed by atoms with E-state index in [-0.39, 0.29) is 11.6 Å². The second-order valence-corrected chi connectivity index (χ2v) is 4.32. The molecule has 0 radical (unpaired) electrons. The van der Waals surface area contributed by atoms with Crippen molar-refractivity contribution in [1.29, 1.82) is 0 Å². The molecule has 7 heteroatoms. The van der Waals surface area contributed by atoms with Gasteiger partial charge in [-0.3, -0.25) is 0 Å². The van der Waals surface area contributed by atoms with Gasteiger partial charge in [-0.15, -0.1) is 10.2 Å². The molecule has 0 aliphatic carbocycles. The maximum Gasteiger partial charge on any atom is 0.164 e. The molecule has 2 rings (SSSR count). The summed E-state index contributed by atoms with van der Waals surface area (Å²) >= 11 is 5.67. The topological polar surface area (TPSA) is 66.0 Å². The van der Waals surface area contributed by atoms with Gasteiger partial charge in [-0.2, -0.15) is 0 Å². The van der Waals surface area contributed by atoms with Gasteiger partial charge in [0.05, 0.1) is 18.2 Å². The van der Waals surface area contributed by atoms with Gasteiger partial charge in [0.2, 0.25) is 0 Å². The first kappa shape index (κ1) is 13.9. The van der Waals surface area contributed by atoms with Gasteiger partial charge in [-0.25, -0.2) is 4.39 Å². The lowest BCUT2D eigenvalue weighted by atomic mass is 10.2. The van der Waals surface area contributed by atoms with Gasteiger partial charge >= 0.3 is 0 Å². The van der Waals surface area contributed by atoms with E-state index in [4.69, 9.17) is 22.1 Å². The van der Waals surface area contributed by atoms with Gasteiger partial charge in [0.15, 0.2) is 5.82 Å². The molecule has 0 unspecified atom stereocenters. The maximum atomic E-state index is 13.5. The van der Waals surface area contributed by atoms with Crippen LogP contribution in [0.25, 0.3) is 11.4 Å². The van der Waals surface area contributed by atoms with E-state index in [0.717, 1.165) is 0 Å². The molecular formula is C12H14ClFN4O. The van der Waals surface area contributed by atoms with Crippen LogP contribution in [0.15, 0.2) is 18.2 Å². The summed E-state index contributed by atoms with van der Waals surface area (Å²) in [6, 6.07) is 4.51. The van der Waals surface area contributed by atoms with E-state index >= 15 is 0 Å². The molecule has 5 nitrogen and oxygen atoms in total. The molecule has 0 amide bonds. The minimum Gasteiger partial charge on any atom is -0.383 e. The predicted molar refractivity (Wildman–Crippen MR) is 70.2 cm³/mol. The van der Waals surface area contributed by atoms with E-state index in [2.05, 4.69) is 10.2 Å². The van der Waals surface area contributed by atoms with Crippen LogP contribution in [0.1, 0.15) is 5.82 Å². The molecule has 0 aliphatic rings. The van der Waals surface area contributed by atoms with Crippen LogP contribution in [0.4, 0.5) is 4.39 Å². The minimum atomic E-state index is -0.491. The average molecular weight is 285 g/mol. The molecule has 1 aromatic heterocycles. The number of halogens is 2. The van der Waals surface area contributed by atoms with Crippen LogP contribution in [0.5, 0.6) is 0 Å². The number of methoxy groups -OCH3 is 1. The summed E-state index contributed by atoms with van der Waals surface area (Å²) in [6.07, 6.45) is 0. The van der Waals surface area contributed by atoms with E-state index in [9.17, 15) is 4.39 Å². The number of benzene rings is 1. The fourth-order valence-electron chi connectivity index (χ4n) is 1.75. The van der Waals surface area contributed by atoms with Crippen LogP contribution < -0.4 is 5.73 Å². The Labute approximate surface area is 115 Å². The highest BCUT2D eigenvalue weighted by molar-refractivity contribution is 6.30. The SMILES string of the molecule is COCCn1c(CN)nnc1-c1ccc(Cl)c(F)c1. The predicted octanol–water partition coefficient (Wildman–Crippen LogP) is 1.84. The van der Waals surface area contributed by atoms with Crippen LogP contribution in [-0.2, 0) is 17.8 Å². The van der Waals surface area contributed by atoms with E-state index in [1.807, 2.05) is 4.57 Å². The van der Waals surface area contributed by atoms with Gasteiger partial charge in [-0.1, -0.05) is 11.6 Å². The summed E-state index contributed by atoms with van der Waals surface area (Å²) in [5.74, 6) is 0.685. The normalized spacial score (nSPS) is 10.9. The second kappa shape index (κ2) is 6.10. The summed E-state index contributed by atoms with van der Waals surface area (Å²) in [5.41, 5.74) is 6.21. The van der Waals surface area contributed by atoms with Crippen LogP contribution in [0.3, 0.4) is 0 Å². The van der Waals surface area contributed by atoms with Crippen molar-refractivity contribution in [1.82, 2.24) is 14.8 Å². The van der Waals surface area contributed by atoms with Crippen molar-refractivity contribution in [2.24, 2.45) is 5.73 Å². The third-order valence-corrected chi connectivity index (χ3v) is 3.01. The molecule has 0 bridgehead atoms. The number of rotatable bonds is 5. The smallest absolute Gasteiger partial charge is 0.164 e. The van der Waals surface area contributed by atoms with Crippen LogP contribution in [0, 0.1) is 5.82 Å². The monoisotopic (exact) mass is 284 g/mol. The zero-order chi connectivity index (χ0) is 13.8. The fourth-order valence-corrected chi connectivity index (χ4v) is 1.87. The molecular weight excluding hydrogens is 271 g/mol. The Morgan fingerprint density at radius 1 is 1.42 bits per heavy atom. The van der Waals surface area contributed by atoms with Gasteiger partial charge < -0.3 is 15.0 Å². The number of hydrogen-bond acceptors (Lipinski definition) is 4. The Hall–Kier alpha value is -1.50. The summed E-state index contributed by atoms with van der Waals surface area (Å²) in [5, 5.41) is 8.12. The highest BCUT2D eigenvalue weighted by Gasteiger charge is 2.14. The van der Waals surface area contributed by atoms with E-state index in [1.165, 1.54) is 12.1 Å². The summed E-state index contributed by atoms with van der Waals surface area (Å²) in [4.78, 5) is 0. The van der Waals surface area contributed by atoms with Crippen molar-refractivity contribution < 1.29 is 9.13 Å². The maximum absolute atomic E-state index is 13.5. The van der Waals surface area contributed by atoms with Crippen LogP contribution in [0.2, 0.25) is 5.02 Å². The highest BCUT2D eigenvalue weighted by Crippen LogP contribution is 2.23. The Balaban J connectivity index is 2.42. The first-order chi connectivity index (χ1) is 9.17. The second-order valence-electron chi connectivity index (χ2n) is 3.92. The molecule has 0 atom stereocenters. The molecule has 2 N–H and O–H groups in total. The zero-order valence-corrected chi connectivity index (χ0v) is 11.2. The van der Waals surface area contributed by atoms with Crippen LogP contribution >= 0.6 is 11.6 Å². The molecule has 102 valence electrons. The quantitative estimate of drug-likeness (QED) is 0.910. The van der Waals surface area contributed by atoms with Crippen molar-refractivity contribution in [2.75, 3.05) is 13.7 Å². The fraction of sp³-hybridized carbons (Fsp3) is 0.333. The molecule has 0 aliphatic heterocycles. The lowest BCUT2D eigenvalue weighted by Gasteiger charge is -2.09. The number of nitrogens with two attached hydrogens (primary N) is 1. The molecule has 19 heavy (non-hydrogen) atoms. The third kappa shape index (κ3) is 2.91. The largest absolute Gasteiger partial charge is 0.383 e. The van der Waals surface area contributed by atoms with Crippen LogP contribution in [-0.4, -0.2) is 28.5 Å². The highest BCUT2D eigenvalue weighted by atomic mass is 35.5. The molecule has 0 spiro atoms. The average Bonchev–Trinajstić information content (AvgIpc) is 2.82. The lowest BCUT2D eigenvalue weighted by Crippen LogP contribution is -2.12. The van der Waals surface area contributed by atoms with E-state index < -0.39 is 5.82 Å². The molecule has 0 saturated heterocycles. The Kier molecular flexibility index (Phi) is 4.47. The number of nitrogens with zero attached hydrogens (tertiary/aromatic N) is 3. The zero-order valence-electron chi connectivity index (χ0n) is 10.4. The third-order valence-electron chi connectivity index (χ3n) is 2.71. The Morgan fingerprint density at radius 3 is 2.84 bits per heavy atom. The number of hydrogen-bond donors (Lipinski definition) is 1. The number of ether oxygens (including phenoxy) is 1. The molecule has 1 heterocycles. The minimum absolute atomic E-state index is 0.0748. The Bertz CT molecular complexity index is 573. The molecule has 1 aromatic carbocycles. The van der Waals surface area contributed by atoms with Crippen molar-refractivity contribution in [3.8, 4) is 11.4 Å². The molecule has 2 aromatic rings. The first-order valence-corrected chi connectivity index (χ1v) is 6.11. The van der Waals surface area contributed by atoms with Crippen molar-refractivity contribution >= 4 is 11.6 Å². The molecule has 0 saturated carbocycles. The van der Waals surface area contributed by atoms with Crippen molar-refractivity contribution in [3.63, 3.8) is 0 Å². The first-order valence-electron chi connectivity index (χ1n) is 5.74. The molecule has 0 fully saturated rings. The van der Waals surface area contributed by atoms with E-state index in [1.54, 1.807) is 13.2 Å². The lowest BCUT2D eigenvalue weighted by molar-refractivity contribution is 0.186. The van der Waals surface area contributed by atoms with Gasteiger partial charge in [0.1, 0.15) is 11.6 Å². The number of aromatic nitrogens is 3.